The molecule has 0 fully saturated rings. The summed E-state index contributed by atoms with van der Waals surface area (Å²) in [6, 6.07) is 63.1. The maximum Gasteiger partial charge on any atom is 0.195 e. The first-order valence-corrected chi connectivity index (χ1v) is 36.5. The molecule has 0 saturated heterocycles. The molecule has 0 bridgehead atoms. The Hall–Kier alpha value is -11.1. The number of anilines is 5. The van der Waals surface area contributed by atoms with E-state index in [2.05, 4.69) is 306 Å². The van der Waals surface area contributed by atoms with Crippen LogP contribution in [0.3, 0.4) is 0 Å². The molecule has 0 saturated carbocycles. The van der Waals surface area contributed by atoms with Gasteiger partial charge in [0.1, 0.15) is 36.4 Å². The summed E-state index contributed by atoms with van der Waals surface area (Å²) in [6.07, 6.45) is 20.0. The number of likely N-dealkylation sites (N-methyl/N-ethyl adjacent to an activating group) is 5. The maximum absolute atomic E-state index is 7.41. The van der Waals surface area contributed by atoms with E-state index < -0.39 is 0 Å². The summed E-state index contributed by atoms with van der Waals surface area (Å²) in [4.78, 5) is 27.7. The Morgan fingerprint density at radius 3 is 1.45 bits per heavy atom. The maximum atomic E-state index is 7.41. The molecule has 12 aromatic rings. The number of para-hydroxylation sites is 1. The molecular weight excluding hydrogens is 1260 g/mol. The minimum absolute atomic E-state index is 0.370. The standard InChI is InChI=1S/C19H18N2.C18H16N2O.C18H16N2S.C17H15N3.C16H16N2/c1-12-11-21-18(20(12)2)10-14-7-8-16-15-6-4-3-5-13(15)9-17(16)19(14)21;2*1-11-10-20-16(19(11)2)9-12-7-8-14-13-5-3-4-6-15(13)21-18(14)17(12)20;1-11-10-20-16(19(11)3)9-12-8-15(18-2)13-6-4-5-7-14(13)17(12)20;1-11-10-18-15(17(11)2)9-13-8-7-12-5-3-4-6-14(12)16(13)18/h3-8,11,18H,9-10H2,1-2H3;2*3-8,10,16H,9H2,1-2H3;4-8,10,16H,9H2,1,3H3;3-8,10,15H,9H2,1-2H3. The van der Waals surface area contributed by atoms with Crippen molar-refractivity contribution < 1.29 is 4.42 Å². The summed E-state index contributed by atoms with van der Waals surface area (Å²) in [5.74, 6) is 0. The molecule has 5 unspecified atom stereocenters. The van der Waals surface area contributed by atoms with Crippen LogP contribution < -0.4 is 24.5 Å². The Labute approximate surface area is 595 Å². The fraction of sp³-hybridized carbons (Fsp3) is 0.239. The van der Waals surface area contributed by atoms with Crippen LogP contribution in [0.4, 0.5) is 34.1 Å². The minimum Gasteiger partial charge on any atom is -0.454 e. The Morgan fingerprint density at radius 2 is 0.812 bits per heavy atom. The lowest BCUT2D eigenvalue weighted by Crippen LogP contribution is -2.34. The normalized spacial score (nSPS) is 20.5. The van der Waals surface area contributed by atoms with Gasteiger partial charge in [-0.3, -0.25) is 0 Å². The van der Waals surface area contributed by atoms with Gasteiger partial charge in [-0.2, -0.15) is 0 Å². The summed E-state index contributed by atoms with van der Waals surface area (Å²) in [5.41, 5.74) is 29.2. The summed E-state index contributed by atoms with van der Waals surface area (Å²) >= 11 is 1.93. The molecule has 12 nitrogen and oxygen atoms in total. The van der Waals surface area contributed by atoms with Crippen molar-refractivity contribution in [3.63, 3.8) is 0 Å². The van der Waals surface area contributed by atoms with Gasteiger partial charge in [0.05, 0.1) is 39.7 Å². The van der Waals surface area contributed by atoms with E-state index in [0.717, 1.165) is 60.8 Å². The molecule has 23 rings (SSSR count). The van der Waals surface area contributed by atoms with Gasteiger partial charge in [-0.15, -0.1) is 11.3 Å². The fourth-order valence-corrected chi connectivity index (χ4v) is 19.5. The largest absolute Gasteiger partial charge is 0.454 e. The van der Waals surface area contributed by atoms with Gasteiger partial charge in [-0.25, -0.2) is 4.85 Å². The molecule has 11 aliphatic rings. The molecule has 10 aromatic carbocycles. The van der Waals surface area contributed by atoms with Crippen molar-refractivity contribution in [2.24, 2.45) is 0 Å². The zero-order chi connectivity index (χ0) is 68.5. The minimum atomic E-state index is 0.370. The van der Waals surface area contributed by atoms with Crippen molar-refractivity contribution in [1.82, 2.24) is 24.5 Å². The van der Waals surface area contributed by atoms with Crippen molar-refractivity contribution >= 4 is 109 Å². The first kappa shape index (κ1) is 61.1. The Balaban J connectivity index is 0.0000000877. The number of fused-ring (bicyclic) bond motifs is 31. The van der Waals surface area contributed by atoms with E-state index in [0.29, 0.717) is 30.8 Å². The van der Waals surface area contributed by atoms with Crippen LogP contribution >= 0.6 is 11.3 Å². The monoisotopic (exact) mass is 1340 g/mol. The van der Waals surface area contributed by atoms with Gasteiger partial charge in [0.15, 0.2) is 11.3 Å². The second kappa shape index (κ2) is 23.0. The lowest BCUT2D eigenvalue weighted by atomic mass is 10.0. The smallest absolute Gasteiger partial charge is 0.195 e. The number of benzene rings is 10. The third kappa shape index (κ3) is 9.22. The van der Waals surface area contributed by atoms with E-state index in [1.54, 1.807) is 0 Å². The van der Waals surface area contributed by atoms with Gasteiger partial charge in [0.2, 0.25) is 0 Å². The summed E-state index contributed by atoms with van der Waals surface area (Å²) in [6.45, 7) is 18.3. The highest BCUT2D eigenvalue weighted by atomic mass is 32.1. The highest BCUT2D eigenvalue weighted by Gasteiger charge is 2.43. The van der Waals surface area contributed by atoms with E-state index in [1.807, 2.05) is 35.6 Å². The predicted octanol–water partition coefficient (Wildman–Crippen LogP) is 19.6. The molecule has 12 heterocycles. The van der Waals surface area contributed by atoms with Gasteiger partial charge >= 0.3 is 0 Å². The van der Waals surface area contributed by atoms with Gasteiger partial charge in [0.25, 0.3) is 0 Å². The van der Waals surface area contributed by atoms with Gasteiger partial charge < -0.3 is 53.4 Å². The molecule has 500 valence electrons. The van der Waals surface area contributed by atoms with Crippen LogP contribution in [0.25, 0.3) is 79.6 Å². The molecule has 0 amide bonds. The summed E-state index contributed by atoms with van der Waals surface area (Å²) in [5, 5.41) is 10.2. The van der Waals surface area contributed by atoms with Crippen LogP contribution in [0.1, 0.15) is 73.6 Å². The Morgan fingerprint density at radius 1 is 0.366 bits per heavy atom. The molecule has 0 spiro atoms. The van der Waals surface area contributed by atoms with Gasteiger partial charge in [-0.05, 0) is 113 Å². The van der Waals surface area contributed by atoms with Gasteiger partial charge in [0, 0.05) is 165 Å². The second-order valence-electron chi connectivity index (χ2n) is 29.3. The zero-order valence-corrected chi connectivity index (χ0v) is 59.8. The molecule has 2 aromatic heterocycles. The summed E-state index contributed by atoms with van der Waals surface area (Å²) < 4.78 is 9.01. The van der Waals surface area contributed by atoms with Crippen molar-refractivity contribution in [3.8, 4) is 11.1 Å². The summed E-state index contributed by atoms with van der Waals surface area (Å²) in [7, 11) is 10.9. The Bertz CT molecular complexity index is 5590. The molecule has 0 radical (unpaired) electrons. The van der Waals surface area contributed by atoms with Crippen LogP contribution in [0.2, 0.25) is 0 Å². The number of hydrogen-bond acceptors (Lipinski definition) is 12. The van der Waals surface area contributed by atoms with Crippen molar-refractivity contribution in [1.29, 1.82) is 0 Å². The van der Waals surface area contributed by atoms with Crippen LogP contribution in [0.15, 0.2) is 240 Å². The second-order valence-corrected chi connectivity index (χ2v) is 30.3. The molecule has 13 heteroatoms. The number of hydrogen-bond donors (Lipinski definition) is 0. The average molecular weight is 1340 g/mol. The van der Waals surface area contributed by atoms with Crippen molar-refractivity contribution in [3.05, 3.63) is 286 Å². The quantitative estimate of drug-likeness (QED) is 0.137. The van der Waals surface area contributed by atoms with Crippen LogP contribution in [0, 0.1) is 6.57 Å². The SMILES string of the molecule is CC1=CN2c3c(ccc4c3Cc3ccccc3-4)CC2N1C.CC1=CN2c3c(ccc4c3oc3ccccc34)CC2N1C.CC1=CN2c3c(ccc4c3sc3ccccc34)CC2N1C.CC1=CN2c3c(ccc4ccccc34)CC2N1C.[C-]#[N+]c1cc2c(c3ccccc13)N1C=C(C)N(C)C1C2. The van der Waals surface area contributed by atoms with E-state index in [9.17, 15) is 0 Å². The lowest BCUT2D eigenvalue weighted by Gasteiger charge is -2.25. The van der Waals surface area contributed by atoms with Crippen LogP contribution in [-0.4, -0.2) is 90.6 Å². The van der Waals surface area contributed by atoms with E-state index in [4.69, 9.17) is 11.0 Å². The lowest BCUT2D eigenvalue weighted by molar-refractivity contribution is 0.344. The number of rotatable bonds is 0. The third-order valence-corrected chi connectivity index (χ3v) is 25.2. The molecule has 1 aliphatic carbocycles. The first-order chi connectivity index (χ1) is 49.2. The Kier molecular flexibility index (Phi) is 13.9. The highest BCUT2D eigenvalue weighted by molar-refractivity contribution is 7.26. The van der Waals surface area contributed by atoms with Crippen LogP contribution in [0.5, 0.6) is 0 Å². The highest BCUT2D eigenvalue weighted by Crippen LogP contribution is 2.53. The number of thiophene rings is 1. The third-order valence-electron chi connectivity index (χ3n) is 24.0. The zero-order valence-electron chi connectivity index (χ0n) is 59.0. The number of furan rings is 1. The van der Waals surface area contributed by atoms with E-state index >= 15 is 0 Å². The van der Waals surface area contributed by atoms with E-state index in [1.165, 1.54) is 154 Å². The fourth-order valence-electron chi connectivity index (χ4n) is 18.2. The predicted molar refractivity (Wildman–Crippen MR) is 419 cm³/mol. The molecule has 101 heavy (non-hydrogen) atoms. The van der Waals surface area contributed by atoms with Crippen molar-refractivity contribution in [2.45, 2.75) is 104 Å². The van der Waals surface area contributed by atoms with Crippen molar-refractivity contribution in [2.75, 3.05) is 59.7 Å². The number of nitrogens with zero attached hydrogens (tertiary/aromatic N) is 11. The molecule has 5 atom stereocenters. The number of allylic oxidation sites excluding steroid dienone is 5. The van der Waals surface area contributed by atoms with Gasteiger partial charge in [-0.1, -0.05) is 164 Å². The van der Waals surface area contributed by atoms with Crippen LogP contribution in [-0.2, 0) is 38.5 Å². The molecular formula is C88H81N11OS. The molecule has 0 N–H and O–H groups in total. The average Bonchev–Trinajstić information content (AvgIpc) is 1.60. The first-order valence-electron chi connectivity index (χ1n) is 35.7. The molecule has 10 aliphatic heterocycles. The van der Waals surface area contributed by atoms with E-state index in [-0.39, 0.29) is 0 Å². The topological polar surface area (TPSA) is 49.9 Å².